The van der Waals surface area contributed by atoms with Crippen molar-refractivity contribution in [3.05, 3.63) is 28.2 Å². The smallest absolute Gasteiger partial charge is 0.115 e. The van der Waals surface area contributed by atoms with Gasteiger partial charge in [0.1, 0.15) is 5.75 Å². The number of hydrogen-bond acceptors (Lipinski definition) is 3. The van der Waals surface area contributed by atoms with E-state index in [1.165, 1.54) is 0 Å². The quantitative estimate of drug-likeness (QED) is 0.740. The molecule has 5 heteroatoms. The van der Waals surface area contributed by atoms with Crippen LogP contribution in [0.4, 0.5) is 0 Å². The minimum absolute atomic E-state index is 0. The third kappa shape index (κ3) is 3.08. The molecule has 0 saturated carbocycles. The molecule has 3 nitrogen and oxygen atoms in total. The number of halogens is 2. The molecule has 0 unspecified atom stereocenters. The Bertz CT molecular complexity index is 329. The highest BCUT2D eigenvalue weighted by atomic mass is 79.9. The van der Waals surface area contributed by atoms with Gasteiger partial charge in [-0.3, -0.25) is 0 Å². The van der Waals surface area contributed by atoms with E-state index in [9.17, 15) is 5.11 Å². The van der Waals surface area contributed by atoms with Crippen LogP contribution in [-0.2, 0) is 0 Å². The second-order valence-electron chi connectivity index (χ2n) is 3.42. The minimum atomic E-state index is 0. The molecular weight excluding hydrogens is 279 g/mol. The van der Waals surface area contributed by atoms with Crippen LogP contribution >= 0.6 is 28.3 Å². The van der Waals surface area contributed by atoms with Crippen LogP contribution < -0.4 is 10.6 Å². The molecule has 0 spiro atoms. The molecule has 0 amide bonds. The molecular formula is C10H14BrClN2O. The van der Waals surface area contributed by atoms with Crippen molar-refractivity contribution in [1.29, 1.82) is 0 Å². The van der Waals surface area contributed by atoms with E-state index in [0.717, 1.165) is 29.7 Å². The Hall–Kier alpha value is -0.290. The molecule has 2 rings (SSSR count). The summed E-state index contributed by atoms with van der Waals surface area (Å²) in [6, 6.07) is 5.64. The molecule has 84 valence electrons. The fourth-order valence-corrected chi connectivity index (χ4v) is 2.19. The van der Waals surface area contributed by atoms with Crippen LogP contribution in [-0.4, -0.2) is 24.7 Å². The standard InChI is InChI=1S/C10H13BrN2O.ClH/c11-9-2-1-7(14)5-8(9)10-6-12-3-4-13-10;/h1-2,5,10,12-14H,3-4,6H2;1H/t10-;/m0./s1. The van der Waals surface area contributed by atoms with Crippen molar-refractivity contribution >= 4 is 28.3 Å². The molecule has 1 saturated heterocycles. The van der Waals surface area contributed by atoms with Crippen molar-refractivity contribution in [3.8, 4) is 5.75 Å². The van der Waals surface area contributed by atoms with Crippen molar-refractivity contribution in [2.24, 2.45) is 0 Å². The second-order valence-corrected chi connectivity index (χ2v) is 4.27. The molecule has 1 fully saturated rings. The summed E-state index contributed by atoms with van der Waals surface area (Å²) in [6.45, 7) is 2.88. The summed E-state index contributed by atoms with van der Waals surface area (Å²) in [4.78, 5) is 0. The highest BCUT2D eigenvalue weighted by Gasteiger charge is 2.16. The maximum Gasteiger partial charge on any atom is 0.115 e. The number of rotatable bonds is 1. The van der Waals surface area contributed by atoms with Crippen molar-refractivity contribution in [3.63, 3.8) is 0 Å². The van der Waals surface area contributed by atoms with Crippen LogP contribution in [0.1, 0.15) is 11.6 Å². The summed E-state index contributed by atoms with van der Waals surface area (Å²) < 4.78 is 1.04. The first-order valence-corrected chi connectivity index (χ1v) is 5.49. The van der Waals surface area contributed by atoms with Gasteiger partial charge in [0.15, 0.2) is 0 Å². The summed E-state index contributed by atoms with van der Waals surface area (Å²) in [5.41, 5.74) is 1.11. The van der Waals surface area contributed by atoms with Gasteiger partial charge in [0, 0.05) is 30.1 Å². The Morgan fingerprint density at radius 1 is 1.33 bits per heavy atom. The Morgan fingerprint density at radius 2 is 2.13 bits per heavy atom. The molecule has 0 radical (unpaired) electrons. The zero-order valence-corrected chi connectivity index (χ0v) is 10.6. The summed E-state index contributed by atoms with van der Waals surface area (Å²) in [5.74, 6) is 0.315. The normalized spacial score (nSPS) is 20.7. The highest BCUT2D eigenvalue weighted by Crippen LogP contribution is 2.27. The van der Waals surface area contributed by atoms with Gasteiger partial charge >= 0.3 is 0 Å². The molecule has 1 atom stereocenters. The lowest BCUT2D eigenvalue weighted by atomic mass is 10.1. The lowest BCUT2D eigenvalue weighted by Crippen LogP contribution is -2.42. The largest absolute Gasteiger partial charge is 0.508 e. The van der Waals surface area contributed by atoms with Gasteiger partial charge < -0.3 is 15.7 Å². The fraction of sp³-hybridized carbons (Fsp3) is 0.400. The second kappa shape index (κ2) is 5.70. The molecule has 0 aliphatic carbocycles. The van der Waals surface area contributed by atoms with E-state index in [-0.39, 0.29) is 18.4 Å². The fourth-order valence-electron chi connectivity index (χ4n) is 1.67. The zero-order valence-electron chi connectivity index (χ0n) is 8.16. The van der Waals surface area contributed by atoms with Gasteiger partial charge in [-0.1, -0.05) is 15.9 Å². The predicted molar refractivity (Wildman–Crippen MR) is 66.7 cm³/mol. The van der Waals surface area contributed by atoms with Gasteiger partial charge in [0.05, 0.1) is 0 Å². The van der Waals surface area contributed by atoms with Crippen LogP contribution in [0.25, 0.3) is 0 Å². The maximum absolute atomic E-state index is 9.40. The predicted octanol–water partition coefficient (Wildman–Crippen LogP) is 1.81. The van der Waals surface area contributed by atoms with Crippen molar-refractivity contribution in [2.45, 2.75) is 6.04 Å². The first-order valence-electron chi connectivity index (χ1n) is 4.70. The van der Waals surface area contributed by atoms with Gasteiger partial charge in [-0.25, -0.2) is 0 Å². The number of nitrogens with one attached hydrogen (secondary N) is 2. The Labute approximate surface area is 104 Å². The summed E-state index contributed by atoms with van der Waals surface area (Å²) in [6.07, 6.45) is 0. The first-order chi connectivity index (χ1) is 6.77. The van der Waals surface area contributed by atoms with Crippen LogP contribution in [0.5, 0.6) is 5.75 Å². The average Bonchev–Trinajstić information content (AvgIpc) is 2.23. The average molecular weight is 294 g/mol. The molecule has 15 heavy (non-hydrogen) atoms. The van der Waals surface area contributed by atoms with E-state index < -0.39 is 0 Å². The van der Waals surface area contributed by atoms with Gasteiger partial charge in [-0.05, 0) is 23.8 Å². The third-order valence-corrected chi connectivity index (χ3v) is 3.12. The number of aromatic hydroxyl groups is 1. The summed E-state index contributed by atoms with van der Waals surface area (Å²) >= 11 is 3.49. The SMILES string of the molecule is Cl.Oc1ccc(Br)c([C@@H]2CNCCN2)c1. The Kier molecular flexibility index (Phi) is 4.86. The van der Waals surface area contributed by atoms with Crippen molar-refractivity contribution < 1.29 is 5.11 Å². The molecule has 0 aromatic heterocycles. The highest BCUT2D eigenvalue weighted by molar-refractivity contribution is 9.10. The summed E-state index contributed by atoms with van der Waals surface area (Å²) in [7, 11) is 0. The number of benzene rings is 1. The lowest BCUT2D eigenvalue weighted by molar-refractivity contribution is 0.425. The minimum Gasteiger partial charge on any atom is -0.508 e. The van der Waals surface area contributed by atoms with Gasteiger partial charge in [-0.2, -0.15) is 0 Å². The van der Waals surface area contributed by atoms with Crippen LogP contribution in [0.2, 0.25) is 0 Å². The number of piperazine rings is 1. The monoisotopic (exact) mass is 292 g/mol. The first kappa shape index (κ1) is 12.8. The van der Waals surface area contributed by atoms with Gasteiger partial charge in [0.2, 0.25) is 0 Å². The maximum atomic E-state index is 9.40. The Morgan fingerprint density at radius 3 is 2.80 bits per heavy atom. The van der Waals surface area contributed by atoms with E-state index in [2.05, 4.69) is 26.6 Å². The van der Waals surface area contributed by atoms with E-state index in [4.69, 9.17) is 0 Å². The number of hydrogen-bond donors (Lipinski definition) is 3. The zero-order chi connectivity index (χ0) is 9.97. The molecule has 0 bridgehead atoms. The number of phenols is 1. The van der Waals surface area contributed by atoms with Crippen molar-refractivity contribution in [1.82, 2.24) is 10.6 Å². The van der Waals surface area contributed by atoms with E-state index in [0.29, 0.717) is 5.75 Å². The lowest BCUT2D eigenvalue weighted by Gasteiger charge is -2.25. The molecule has 1 aromatic rings. The molecule has 3 N–H and O–H groups in total. The molecule has 1 aromatic carbocycles. The van der Waals surface area contributed by atoms with Gasteiger partial charge in [-0.15, -0.1) is 12.4 Å². The van der Waals surface area contributed by atoms with E-state index >= 15 is 0 Å². The molecule has 1 heterocycles. The Balaban J connectivity index is 0.00000112. The number of phenolic OH excluding ortho intramolecular Hbond substituents is 1. The van der Waals surface area contributed by atoms with E-state index in [1.807, 2.05) is 6.07 Å². The third-order valence-electron chi connectivity index (χ3n) is 2.40. The molecule has 1 aliphatic heterocycles. The van der Waals surface area contributed by atoms with E-state index in [1.54, 1.807) is 12.1 Å². The van der Waals surface area contributed by atoms with Crippen LogP contribution in [0, 0.1) is 0 Å². The topological polar surface area (TPSA) is 44.3 Å². The van der Waals surface area contributed by atoms with Crippen molar-refractivity contribution in [2.75, 3.05) is 19.6 Å². The van der Waals surface area contributed by atoms with Gasteiger partial charge in [0.25, 0.3) is 0 Å². The molecule has 1 aliphatic rings. The summed E-state index contributed by atoms with van der Waals surface area (Å²) in [5, 5.41) is 16.1. The van der Waals surface area contributed by atoms with Crippen LogP contribution in [0.15, 0.2) is 22.7 Å². The van der Waals surface area contributed by atoms with Crippen LogP contribution in [0.3, 0.4) is 0 Å².